The molecule has 2 aromatic rings. The number of amides is 2. The van der Waals surface area contributed by atoms with E-state index in [1.54, 1.807) is 0 Å². The van der Waals surface area contributed by atoms with Gasteiger partial charge in [0.15, 0.2) is 11.5 Å². The second-order valence-electron chi connectivity index (χ2n) is 5.99. The van der Waals surface area contributed by atoms with Crippen LogP contribution in [-0.2, 0) is 4.74 Å². The van der Waals surface area contributed by atoms with Crippen molar-refractivity contribution in [1.82, 2.24) is 15.3 Å². The molecule has 148 valence electrons. The standard InChI is InChI=1S/C18H20N6O3.ClH/c1-12-2-3-16(27-11-14-9-20-4-5-26-14)15(6-12)23-18(25)24-17-10-21-13(7-19)8-22-17;/h2-3,6,8,10,14,20H,4-5,9,11H2,1H3,(H2,22,23,24,25);1H. The van der Waals surface area contributed by atoms with Gasteiger partial charge in [0, 0.05) is 13.1 Å². The minimum atomic E-state index is -0.486. The van der Waals surface area contributed by atoms with Crippen LogP contribution in [0, 0.1) is 18.3 Å². The third kappa shape index (κ3) is 6.06. The van der Waals surface area contributed by atoms with Crippen LogP contribution in [0.1, 0.15) is 11.3 Å². The van der Waals surface area contributed by atoms with Crippen LogP contribution in [0.4, 0.5) is 16.3 Å². The van der Waals surface area contributed by atoms with E-state index in [2.05, 4.69) is 25.9 Å². The van der Waals surface area contributed by atoms with Crippen molar-refractivity contribution in [3.8, 4) is 11.8 Å². The number of hydrogen-bond acceptors (Lipinski definition) is 7. The first-order valence-electron chi connectivity index (χ1n) is 8.50. The van der Waals surface area contributed by atoms with Gasteiger partial charge >= 0.3 is 6.03 Å². The maximum Gasteiger partial charge on any atom is 0.324 e. The number of carbonyl (C=O) groups excluding carboxylic acids is 1. The first kappa shape index (κ1) is 21.4. The van der Waals surface area contributed by atoms with Crippen molar-refractivity contribution in [2.45, 2.75) is 13.0 Å². The van der Waals surface area contributed by atoms with Crippen molar-refractivity contribution < 1.29 is 14.3 Å². The Hall–Kier alpha value is -2.93. The number of aryl methyl sites for hydroxylation is 1. The van der Waals surface area contributed by atoms with Crippen molar-refractivity contribution >= 4 is 29.9 Å². The molecule has 1 saturated heterocycles. The van der Waals surface area contributed by atoms with E-state index < -0.39 is 6.03 Å². The lowest BCUT2D eigenvalue weighted by Gasteiger charge is -2.24. The maximum absolute atomic E-state index is 12.3. The minimum absolute atomic E-state index is 0. The number of morpholine rings is 1. The first-order chi connectivity index (χ1) is 13.1. The van der Waals surface area contributed by atoms with Crippen LogP contribution in [0.25, 0.3) is 0 Å². The molecule has 3 rings (SSSR count). The molecule has 3 N–H and O–H groups in total. The molecule has 0 radical (unpaired) electrons. The molecule has 1 atom stereocenters. The van der Waals surface area contributed by atoms with E-state index in [0.29, 0.717) is 24.7 Å². The van der Waals surface area contributed by atoms with Gasteiger partial charge in [-0.2, -0.15) is 5.26 Å². The highest BCUT2D eigenvalue weighted by Gasteiger charge is 2.16. The van der Waals surface area contributed by atoms with Gasteiger partial charge in [0.05, 0.1) is 24.7 Å². The molecule has 1 unspecified atom stereocenters. The summed E-state index contributed by atoms with van der Waals surface area (Å²) in [6.07, 6.45) is 2.57. The van der Waals surface area contributed by atoms with Crippen molar-refractivity contribution in [2.75, 3.05) is 36.9 Å². The van der Waals surface area contributed by atoms with Crippen LogP contribution < -0.4 is 20.7 Å². The summed E-state index contributed by atoms with van der Waals surface area (Å²) < 4.78 is 11.5. The van der Waals surface area contributed by atoms with Gasteiger partial charge in [-0.15, -0.1) is 12.4 Å². The average molecular weight is 405 g/mol. The van der Waals surface area contributed by atoms with E-state index in [-0.39, 0.29) is 30.0 Å². The van der Waals surface area contributed by atoms with Crippen molar-refractivity contribution in [1.29, 1.82) is 5.26 Å². The van der Waals surface area contributed by atoms with Crippen LogP contribution >= 0.6 is 12.4 Å². The number of carbonyl (C=O) groups is 1. The van der Waals surface area contributed by atoms with E-state index in [1.165, 1.54) is 12.4 Å². The molecule has 0 spiro atoms. The van der Waals surface area contributed by atoms with Crippen LogP contribution in [-0.4, -0.2) is 48.4 Å². The molecule has 2 amide bonds. The fourth-order valence-electron chi connectivity index (χ4n) is 2.50. The number of urea groups is 1. The molecule has 1 aliphatic rings. The summed E-state index contributed by atoms with van der Waals surface area (Å²) in [5.41, 5.74) is 1.69. The number of ether oxygens (including phenoxy) is 2. The van der Waals surface area contributed by atoms with Gasteiger partial charge in [0.25, 0.3) is 0 Å². The van der Waals surface area contributed by atoms with Crippen molar-refractivity contribution in [3.63, 3.8) is 0 Å². The fraction of sp³-hybridized carbons (Fsp3) is 0.333. The molecule has 0 aliphatic carbocycles. The second kappa shape index (κ2) is 10.4. The summed E-state index contributed by atoms with van der Waals surface area (Å²) in [6.45, 7) is 4.53. The number of rotatable bonds is 5. The zero-order valence-electron chi connectivity index (χ0n) is 15.3. The predicted molar refractivity (Wildman–Crippen MR) is 106 cm³/mol. The van der Waals surface area contributed by atoms with Gasteiger partial charge in [-0.25, -0.2) is 14.8 Å². The largest absolute Gasteiger partial charge is 0.489 e. The Morgan fingerprint density at radius 2 is 2.25 bits per heavy atom. The summed E-state index contributed by atoms with van der Waals surface area (Å²) in [5.74, 6) is 0.791. The number of hydrogen-bond donors (Lipinski definition) is 3. The molecular weight excluding hydrogens is 384 g/mol. The highest BCUT2D eigenvalue weighted by molar-refractivity contribution is 6.00. The summed E-state index contributed by atoms with van der Waals surface area (Å²) >= 11 is 0. The molecule has 1 fully saturated rings. The van der Waals surface area contributed by atoms with Crippen molar-refractivity contribution in [3.05, 3.63) is 41.9 Å². The number of halogens is 1. The normalized spacial score (nSPS) is 15.6. The molecule has 10 heteroatoms. The molecule has 9 nitrogen and oxygen atoms in total. The third-order valence-corrected chi connectivity index (χ3v) is 3.82. The van der Waals surface area contributed by atoms with Gasteiger partial charge in [-0.05, 0) is 24.6 Å². The number of nitrogens with zero attached hydrogens (tertiary/aromatic N) is 3. The molecular formula is C18H21ClN6O3. The maximum atomic E-state index is 12.3. The number of anilines is 2. The summed E-state index contributed by atoms with van der Waals surface area (Å²) in [7, 11) is 0. The Morgan fingerprint density at radius 1 is 1.39 bits per heavy atom. The summed E-state index contributed by atoms with van der Waals surface area (Å²) in [4.78, 5) is 20.1. The summed E-state index contributed by atoms with van der Waals surface area (Å²) in [5, 5.41) is 17.3. The minimum Gasteiger partial charge on any atom is -0.489 e. The number of nitriles is 1. The fourth-order valence-corrected chi connectivity index (χ4v) is 2.50. The average Bonchev–Trinajstić information content (AvgIpc) is 2.69. The first-order valence-corrected chi connectivity index (χ1v) is 8.50. The predicted octanol–water partition coefficient (Wildman–Crippen LogP) is 2.09. The molecule has 1 aliphatic heterocycles. The molecule has 2 heterocycles. The van der Waals surface area contributed by atoms with E-state index in [4.69, 9.17) is 14.7 Å². The Morgan fingerprint density at radius 3 is 2.93 bits per heavy atom. The SMILES string of the molecule is Cc1ccc(OCC2CNCCO2)c(NC(=O)Nc2cnc(C#N)cn2)c1.Cl. The Labute approximate surface area is 168 Å². The summed E-state index contributed by atoms with van der Waals surface area (Å²) in [6, 6.07) is 6.92. The van der Waals surface area contributed by atoms with Gasteiger partial charge in [0.1, 0.15) is 24.5 Å². The highest BCUT2D eigenvalue weighted by Crippen LogP contribution is 2.26. The monoisotopic (exact) mass is 404 g/mol. The Balaban J connectivity index is 0.00000280. The number of nitrogens with one attached hydrogen (secondary N) is 3. The van der Waals surface area contributed by atoms with Crippen LogP contribution in [0.3, 0.4) is 0 Å². The van der Waals surface area contributed by atoms with Gasteiger partial charge in [-0.3, -0.25) is 5.32 Å². The van der Waals surface area contributed by atoms with E-state index in [1.807, 2.05) is 31.2 Å². The quantitative estimate of drug-likeness (QED) is 0.697. The van der Waals surface area contributed by atoms with E-state index >= 15 is 0 Å². The topological polar surface area (TPSA) is 121 Å². The zero-order chi connectivity index (χ0) is 19.1. The molecule has 0 bridgehead atoms. The lowest BCUT2D eigenvalue weighted by Crippen LogP contribution is -2.41. The lowest BCUT2D eigenvalue weighted by atomic mass is 10.2. The zero-order valence-corrected chi connectivity index (χ0v) is 16.1. The van der Waals surface area contributed by atoms with Crippen LogP contribution in [0.15, 0.2) is 30.6 Å². The highest BCUT2D eigenvalue weighted by atomic mass is 35.5. The number of benzene rings is 1. The van der Waals surface area contributed by atoms with Crippen LogP contribution in [0.5, 0.6) is 5.75 Å². The van der Waals surface area contributed by atoms with E-state index in [0.717, 1.165) is 18.7 Å². The lowest BCUT2D eigenvalue weighted by molar-refractivity contribution is 0.000349. The third-order valence-electron chi connectivity index (χ3n) is 3.82. The molecule has 1 aromatic carbocycles. The van der Waals surface area contributed by atoms with Crippen LogP contribution in [0.2, 0.25) is 0 Å². The Kier molecular flexibility index (Phi) is 7.95. The second-order valence-corrected chi connectivity index (χ2v) is 5.99. The van der Waals surface area contributed by atoms with Gasteiger partial charge in [-0.1, -0.05) is 6.07 Å². The van der Waals surface area contributed by atoms with Gasteiger partial charge < -0.3 is 20.1 Å². The smallest absolute Gasteiger partial charge is 0.324 e. The molecule has 28 heavy (non-hydrogen) atoms. The molecule has 0 saturated carbocycles. The number of aromatic nitrogens is 2. The Bertz CT molecular complexity index is 834. The molecule has 1 aromatic heterocycles. The van der Waals surface area contributed by atoms with E-state index in [9.17, 15) is 4.79 Å². The van der Waals surface area contributed by atoms with Gasteiger partial charge in [0.2, 0.25) is 0 Å². The van der Waals surface area contributed by atoms with Crippen molar-refractivity contribution in [2.24, 2.45) is 0 Å².